The summed E-state index contributed by atoms with van der Waals surface area (Å²) in [4.78, 5) is 0. The number of H-pyrrole nitrogens is 1. The first-order valence-electron chi connectivity index (χ1n) is 6.14. The summed E-state index contributed by atoms with van der Waals surface area (Å²) in [6.07, 6.45) is 1.60. The molecule has 8 heteroatoms. The predicted octanol–water partition coefficient (Wildman–Crippen LogP) is 0.175. The van der Waals surface area contributed by atoms with Gasteiger partial charge in [-0.3, -0.25) is 5.10 Å². The molecule has 0 saturated carbocycles. The SMILES string of the molecule is CNCc1cn[nH]c1S(=O)(=O)N(C)CCOC(C)C. The van der Waals surface area contributed by atoms with Crippen LogP contribution in [0.2, 0.25) is 0 Å². The highest BCUT2D eigenvalue weighted by Crippen LogP contribution is 2.16. The van der Waals surface area contributed by atoms with Crippen LogP contribution < -0.4 is 5.32 Å². The van der Waals surface area contributed by atoms with Gasteiger partial charge in [-0.25, -0.2) is 8.42 Å². The van der Waals surface area contributed by atoms with Crippen LogP contribution in [0.1, 0.15) is 19.4 Å². The molecule has 1 rings (SSSR count). The Hall–Kier alpha value is -0.960. The Bertz CT molecular complexity index is 484. The van der Waals surface area contributed by atoms with Crippen LogP contribution in [0.25, 0.3) is 0 Å². The first-order chi connectivity index (χ1) is 8.89. The van der Waals surface area contributed by atoms with Crippen molar-refractivity contribution in [3.8, 4) is 0 Å². The molecule has 1 heterocycles. The molecule has 1 aromatic rings. The number of rotatable bonds is 8. The zero-order valence-corrected chi connectivity index (χ0v) is 12.6. The molecule has 1 aromatic heterocycles. The number of hydrogen-bond donors (Lipinski definition) is 2. The van der Waals surface area contributed by atoms with E-state index < -0.39 is 10.0 Å². The number of nitrogens with one attached hydrogen (secondary N) is 2. The molecule has 0 aliphatic carbocycles. The fraction of sp³-hybridized carbons (Fsp3) is 0.727. The molecule has 0 fully saturated rings. The van der Waals surface area contributed by atoms with Crippen molar-refractivity contribution >= 4 is 10.0 Å². The van der Waals surface area contributed by atoms with Gasteiger partial charge in [-0.2, -0.15) is 9.40 Å². The molecule has 2 N–H and O–H groups in total. The minimum Gasteiger partial charge on any atom is -0.377 e. The Morgan fingerprint density at radius 2 is 2.21 bits per heavy atom. The van der Waals surface area contributed by atoms with Crippen molar-refractivity contribution in [2.24, 2.45) is 0 Å². The summed E-state index contributed by atoms with van der Waals surface area (Å²) >= 11 is 0. The molecular weight excluding hydrogens is 268 g/mol. The molecule has 19 heavy (non-hydrogen) atoms. The predicted molar refractivity (Wildman–Crippen MR) is 72.3 cm³/mol. The second kappa shape index (κ2) is 6.99. The van der Waals surface area contributed by atoms with Crippen LogP contribution in [0, 0.1) is 0 Å². The van der Waals surface area contributed by atoms with Crippen LogP contribution >= 0.6 is 0 Å². The zero-order chi connectivity index (χ0) is 14.5. The molecule has 0 unspecified atom stereocenters. The van der Waals surface area contributed by atoms with Gasteiger partial charge in [-0.1, -0.05) is 0 Å². The van der Waals surface area contributed by atoms with E-state index >= 15 is 0 Å². The summed E-state index contributed by atoms with van der Waals surface area (Å²) in [6.45, 7) is 4.94. The van der Waals surface area contributed by atoms with Gasteiger partial charge in [0.2, 0.25) is 0 Å². The van der Waals surface area contributed by atoms with E-state index in [2.05, 4.69) is 15.5 Å². The summed E-state index contributed by atoms with van der Waals surface area (Å²) in [7, 11) is -0.267. The average molecular weight is 290 g/mol. The van der Waals surface area contributed by atoms with Crippen molar-refractivity contribution in [3.63, 3.8) is 0 Å². The number of ether oxygens (including phenoxy) is 1. The van der Waals surface area contributed by atoms with E-state index in [0.717, 1.165) is 0 Å². The van der Waals surface area contributed by atoms with Crippen LogP contribution in [-0.2, 0) is 21.3 Å². The van der Waals surface area contributed by atoms with Crippen LogP contribution in [0.4, 0.5) is 0 Å². The van der Waals surface area contributed by atoms with Crippen molar-refractivity contribution in [1.82, 2.24) is 19.8 Å². The summed E-state index contributed by atoms with van der Waals surface area (Å²) in [6, 6.07) is 0. The first-order valence-corrected chi connectivity index (χ1v) is 7.58. The largest absolute Gasteiger partial charge is 0.377 e. The molecule has 0 atom stereocenters. The van der Waals surface area contributed by atoms with Crippen LogP contribution in [0.5, 0.6) is 0 Å². The van der Waals surface area contributed by atoms with Crippen molar-refractivity contribution in [3.05, 3.63) is 11.8 Å². The van der Waals surface area contributed by atoms with Crippen molar-refractivity contribution in [1.29, 1.82) is 0 Å². The first kappa shape index (κ1) is 16.1. The fourth-order valence-electron chi connectivity index (χ4n) is 1.53. The molecule has 110 valence electrons. The lowest BCUT2D eigenvalue weighted by molar-refractivity contribution is 0.0737. The highest BCUT2D eigenvalue weighted by molar-refractivity contribution is 7.89. The van der Waals surface area contributed by atoms with E-state index in [1.807, 2.05) is 13.8 Å². The van der Waals surface area contributed by atoms with Gasteiger partial charge >= 0.3 is 0 Å². The van der Waals surface area contributed by atoms with Gasteiger partial charge in [0.25, 0.3) is 10.0 Å². The number of aromatic nitrogens is 2. The Morgan fingerprint density at radius 1 is 1.53 bits per heavy atom. The van der Waals surface area contributed by atoms with E-state index in [0.29, 0.717) is 25.3 Å². The third-order valence-electron chi connectivity index (χ3n) is 2.57. The number of sulfonamides is 1. The van der Waals surface area contributed by atoms with Gasteiger partial charge in [0.05, 0.1) is 18.9 Å². The number of hydrogen-bond acceptors (Lipinski definition) is 5. The number of aromatic amines is 1. The van der Waals surface area contributed by atoms with E-state index in [-0.39, 0.29) is 11.1 Å². The summed E-state index contributed by atoms with van der Waals surface area (Å²) < 4.78 is 31.3. The van der Waals surface area contributed by atoms with Gasteiger partial charge in [0.15, 0.2) is 5.03 Å². The fourth-order valence-corrected chi connectivity index (χ4v) is 2.78. The van der Waals surface area contributed by atoms with E-state index in [9.17, 15) is 8.42 Å². The molecule has 0 aliphatic heterocycles. The smallest absolute Gasteiger partial charge is 0.260 e. The molecule has 7 nitrogen and oxygen atoms in total. The number of likely N-dealkylation sites (N-methyl/N-ethyl adjacent to an activating group) is 1. The molecule has 0 aliphatic rings. The maximum absolute atomic E-state index is 12.3. The van der Waals surface area contributed by atoms with E-state index in [1.165, 1.54) is 17.5 Å². The van der Waals surface area contributed by atoms with Crippen molar-refractivity contribution in [2.45, 2.75) is 31.5 Å². The molecule has 0 spiro atoms. The van der Waals surface area contributed by atoms with Gasteiger partial charge in [0.1, 0.15) is 0 Å². The molecular formula is C11H22N4O3S. The molecule has 0 amide bonds. The minimum absolute atomic E-state index is 0.0862. The van der Waals surface area contributed by atoms with Gasteiger partial charge < -0.3 is 10.1 Å². The molecule has 0 radical (unpaired) electrons. The summed E-state index contributed by atoms with van der Waals surface area (Å²) in [5, 5.41) is 9.39. The molecule has 0 bridgehead atoms. The lowest BCUT2D eigenvalue weighted by atomic mass is 10.4. The highest BCUT2D eigenvalue weighted by Gasteiger charge is 2.25. The van der Waals surface area contributed by atoms with Gasteiger partial charge in [0, 0.05) is 25.7 Å². The lowest BCUT2D eigenvalue weighted by Gasteiger charge is -2.17. The summed E-state index contributed by atoms with van der Waals surface area (Å²) in [5.74, 6) is 0. The van der Waals surface area contributed by atoms with Gasteiger partial charge in [-0.05, 0) is 20.9 Å². The highest BCUT2D eigenvalue weighted by atomic mass is 32.2. The Kier molecular flexibility index (Phi) is 5.92. The van der Waals surface area contributed by atoms with Crippen molar-refractivity contribution in [2.75, 3.05) is 27.2 Å². The second-order valence-corrected chi connectivity index (χ2v) is 6.48. The maximum atomic E-state index is 12.3. The Labute approximate surface area is 114 Å². The Morgan fingerprint density at radius 3 is 2.79 bits per heavy atom. The van der Waals surface area contributed by atoms with Crippen molar-refractivity contribution < 1.29 is 13.2 Å². The third kappa shape index (κ3) is 4.27. The lowest BCUT2D eigenvalue weighted by Crippen LogP contribution is -2.32. The summed E-state index contributed by atoms with van der Waals surface area (Å²) in [5.41, 5.74) is 0.624. The Balaban J connectivity index is 2.76. The third-order valence-corrected chi connectivity index (χ3v) is 4.44. The van der Waals surface area contributed by atoms with Gasteiger partial charge in [-0.15, -0.1) is 0 Å². The van der Waals surface area contributed by atoms with Crippen LogP contribution in [-0.4, -0.2) is 56.3 Å². The number of nitrogens with zero attached hydrogens (tertiary/aromatic N) is 2. The quantitative estimate of drug-likeness (QED) is 0.713. The topological polar surface area (TPSA) is 87.3 Å². The average Bonchev–Trinajstić information content (AvgIpc) is 2.77. The zero-order valence-electron chi connectivity index (χ0n) is 11.8. The van der Waals surface area contributed by atoms with E-state index in [4.69, 9.17) is 4.74 Å². The maximum Gasteiger partial charge on any atom is 0.260 e. The normalized spacial score (nSPS) is 12.5. The standard InChI is InChI=1S/C11H22N4O3S/c1-9(2)18-6-5-15(4)19(16,17)11-10(7-12-3)8-13-14-11/h8-9,12H,5-7H2,1-4H3,(H,13,14). The molecule has 0 aromatic carbocycles. The molecule has 0 saturated heterocycles. The van der Waals surface area contributed by atoms with Crippen LogP contribution in [0.3, 0.4) is 0 Å². The van der Waals surface area contributed by atoms with Crippen LogP contribution in [0.15, 0.2) is 11.2 Å². The minimum atomic E-state index is -3.55. The second-order valence-electron chi connectivity index (χ2n) is 4.50. The van der Waals surface area contributed by atoms with E-state index in [1.54, 1.807) is 7.05 Å². The monoisotopic (exact) mass is 290 g/mol.